The van der Waals surface area contributed by atoms with Crippen LogP contribution in [-0.2, 0) is 0 Å². The van der Waals surface area contributed by atoms with Crippen molar-refractivity contribution in [3.05, 3.63) is 29.8 Å². The number of rotatable bonds is 4. The molecule has 1 N–H and O–H groups in total. The van der Waals surface area contributed by atoms with E-state index in [2.05, 4.69) is 41.4 Å². The molecule has 18 heavy (non-hydrogen) atoms. The van der Waals surface area contributed by atoms with Crippen LogP contribution >= 0.6 is 0 Å². The van der Waals surface area contributed by atoms with Crippen LogP contribution in [0.3, 0.4) is 0 Å². The first-order valence-electron chi connectivity index (χ1n) is 6.43. The van der Waals surface area contributed by atoms with E-state index in [0.717, 1.165) is 5.56 Å². The Morgan fingerprint density at radius 2 is 1.94 bits per heavy atom. The topological polar surface area (TPSA) is 51.0 Å². The summed E-state index contributed by atoms with van der Waals surface area (Å²) >= 11 is 0. The fourth-order valence-electron chi connectivity index (χ4n) is 1.82. The van der Waals surface area contributed by atoms with E-state index in [1.54, 1.807) is 0 Å². The molecule has 1 aliphatic carbocycles. The number of benzene rings is 1. The lowest BCUT2D eigenvalue weighted by Gasteiger charge is -2.04. The molecule has 0 radical (unpaired) electrons. The van der Waals surface area contributed by atoms with E-state index in [1.807, 2.05) is 12.1 Å². The summed E-state index contributed by atoms with van der Waals surface area (Å²) < 4.78 is 5.18. The van der Waals surface area contributed by atoms with Crippen molar-refractivity contribution in [1.82, 2.24) is 10.1 Å². The van der Waals surface area contributed by atoms with Gasteiger partial charge in [-0.2, -0.15) is 4.98 Å². The van der Waals surface area contributed by atoms with E-state index in [0.29, 0.717) is 23.8 Å². The van der Waals surface area contributed by atoms with E-state index in [1.165, 1.54) is 18.4 Å². The molecular formula is C14H17N3O. The van der Waals surface area contributed by atoms with Crippen LogP contribution in [0.4, 0.5) is 6.01 Å². The average Bonchev–Trinajstić information content (AvgIpc) is 3.05. The zero-order chi connectivity index (χ0) is 12.5. The van der Waals surface area contributed by atoms with Crippen molar-refractivity contribution < 1.29 is 4.52 Å². The van der Waals surface area contributed by atoms with Gasteiger partial charge in [0, 0.05) is 11.6 Å². The van der Waals surface area contributed by atoms with Crippen molar-refractivity contribution >= 4 is 6.01 Å². The molecule has 0 saturated heterocycles. The van der Waals surface area contributed by atoms with E-state index in [4.69, 9.17) is 4.52 Å². The van der Waals surface area contributed by atoms with Crippen LogP contribution in [0.25, 0.3) is 11.4 Å². The maximum Gasteiger partial charge on any atom is 0.322 e. The lowest BCUT2D eigenvalue weighted by atomic mass is 10.0. The Morgan fingerprint density at radius 3 is 2.56 bits per heavy atom. The summed E-state index contributed by atoms with van der Waals surface area (Å²) in [5, 5.41) is 7.19. The van der Waals surface area contributed by atoms with Gasteiger partial charge in [-0.25, -0.2) is 0 Å². The Hall–Kier alpha value is -1.84. The lowest BCUT2D eigenvalue weighted by molar-refractivity contribution is 0.432. The van der Waals surface area contributed by atoms with Crippen molar-refractivity contribution in [1.29, 1.82) is 0 Å². The van der Waals surface area contributed by atoms with Gasteiger partial charge in [0.1, 0.15) is 0 Å². The molecule has 0 atom stereocenters. The van der Waals surface area contributed by atoms with Gasteiger partial charge in [-0.3, -0.25) is 0 Å². The molecule has 0 unspecified atom stereocenters. The number of nitrogens with one attached hydrogen (secondary N) is 1. The molecule has 4 heteroatoms. The van der Waals surface area contributed by atoms with Crippen LogP contribution in [0.2, 0.25) is 0 Å². The van der Waals surface area contributed by atoms with Gasteiger partial charge in [-0.15, -0.1) is 0 Å². The summed E-state index contributed by atoms with van der Waals surface area (Å²) in [5.74, 6) is 1.19. The molecule has 1 saturated carbocycles. The van der Waals surface area contributed by atoms with Gasteiger partial charge in [-0.1, -0.05) is 43.3 Å². The third-order valence-corrected chi connectivity index (χ3v) is 3.17. The second kappa shape index (κ2) is 4.44. The summed E-state index contributed by atoms with van der Waals surface area (Å²) in [4.78, 5) is 4.35. The molecule has 1 aliphatic rings. The van der Waals surface area contributed by atoms with E-state index in [9.17, 15) is 0 Å². The van der Waals surface area contributed by atoms with Gasteiger partial charge < -0.3 is 9.84 Å². The quantitative estimate of drug-likeness (QED) is 0.893. The van der Waals surface area contributed by atoms with Gasteiger partial charge in [-0.05, 0) is 24.3 Å². The van der Waals surface area contributed by atoms with Crippen LogP contribution in [0.15, 0.2) is 28.8 Å². The van der Waals surface area contributed by atoms with Crippen LogP contribution < -0.4 is 5.32 Å². The van der Waals surface area contributed by atoms with Gasteiger partial charge in [0.25, 0.3) is 0 Å². The molecule has 2 aromatic rings. The van der Waals surface area contributed by atoms with E-state index in [-0.39, 0.29) is 0 Å². The molecule has 4 nitrogen and oxygen atoms in total. The molecular weight excluding hydrogens is 226 g/mol. The first kappa shape index (κ1) is 11.3. The fraction of sp³-hybridized carbons (Fsp3) is 0.429. The molecule has 94 valence electrons. The first-order chi connectivity index (χ1) is 8.72. The Bertz CT molecular complexity index is 526. The third-order valence-electron chi connectivity index (χ3n) is 3.17. The van der Waals surface area contributed by atoms with Gasteiger partial charge in [0.05, 0.1) is 0 Å². The normalized spacial score (nSPS) is 15.1. The molecule has 0 amide bonds. The van der Waals surface area contributed by atoms with Gasteiger partial charge in [0.2, 0.25) is 5.82 Å². The number of hydrogen-bond donors (Lipinski definition) is 1. The lowest BCUT2D eigenvalue weighted by Crippen LogP contribution is -2.00. The smallest absolute Gasteiger partial charge is 0.322 e. The van der Waals surface area contributed by atoms with Crippen LogP contribution in [0.1, 0.15) is 38.2 Å². The molecule has 0 bridgehead atoms. The van der Waals surface area contributed by atoms with Crippen LogP contribution in [0.5, 0.6) is 0 Å². The van der Waals surface area contributed by atoms with Gasteiger partial charge >= 0.3 is 6.01 Å². The Balaban J connectivity index is 1.78. The molecule has 3 rings (SSSR count). The first-order valence-corrected chi connectivity index (χ1v) is 6.43. The Labute approximate surface area is 106 Å². The monoisotopic (exact) mass is 243 g/mol. The Kier molecular flexibility index (Phi) is 2.78. The summed E-state index contributed by atoms with van der Waals surface area (Å²) in [6, 6.07) is 9.37. The van der Waals surface area contributed by atoms with Crippen molar-refractivity contribution in [2.75, 3.05) is 5.32 Å². The summed E-state index contributed by atoms with van der Waals surface area (Å²) in [7, 11) is 0. The van der Waals surface area contributed by atoms with Crippen LogP contribution in [0, 0.1) is 0 Å². The van der Waals surface area contributed by atoms with Crippen molar-refractivity contribution in [2.24, 2.45) is 0 Å². The number of aromatic nitrogens is 2. The average molecular weight is 243 g/mol. The SMILES string of the molecule is CC(C)c1ccc(-c2noc(NC3CC3)n2)cc1. The number of hydrogen-bond acceptors (Lipinski definition) is 4. The molecule has 1 aromatic heterocycles. The zero-order valence-electron chi connectivity index (χ0n) is 10.7. The molecule has 1 fully saturated rings. The predicted octanol–water partition coefficient (Wildman–Crippen LogP) is 3.43. The zero-order valence-corrected chi connectivity index (χ0v) is 10.7. The minimum absolute atomic E-state index is 0.528. The molecule has 0 aliphatic heterocycles. The second-order valence-corrected chi connectivity index (χ2v) is 5.12. The van der Waals surface area contributed by atoms with Crippen LogP contribution in [-0.4, -0.2) is 16.2 Å². The summed E-state index contributed by atoms with van der Waals surface area (Å²) in [6.07, 6.45) is 2.39. The summed E-state index contributed by atoms with van der Waals surface area (Å²) in [5.41, 5.74) is 2.31. The van der Waals surface area contributed by atoms with Crippen molar-refractivity contribution in [2.45, 2.75) is 38.6 Å². The number of anilines is 1. The highest BCUT2D eigenvalue weighted by Crippen LogP contribution is 2.25. The van der Waals surface area contributed by atoms with Crippen molar-refractivity contribution in [3.8, 4) is 11.4 Å². The van der Waals surface area contributed by atoms with Crippen molar-refractivity contribution in [3.63, 3.8) is 0 Å². The number of nitrogens with zero attached hydrogens (tertiary/aromatic N) is 2. The minimum atomic E-state index is 0.528. The second-order valence-electron chi connectivity index (χ2n) is 5.12. The standard InChI is InChI=1S/C14H17N3O/c1-9(2)10-3-5-11(6-4-10)13-16-14(18-17-13)15-12-7-8-12/h3-6,9,12H,7-8H2,1-2H3,(H,15,16,17). The van der Waals surface area contributed by atoms with Gasteiger partial charge in [0.15, 0.2) is 0 Å². The third kappa shape index (κ3) is 2.37. The Morgan fingerprint density at radius 1 is 1.22 bits per heavy atom. The maximum atomic E-state index is 5.18. The summed E-state index contributed by atoms with van der Waals surface area (Å²) in [6.45, 7) is 4.36. The highest BCUT2D eigenvalue weighted by molar-refractivity contribution is 5.56. The molecule has 0 spiro atoms. The molecule has 1 heterocycles. The predicted molar refractivity (Wildman–Crippen MR) is 70.5 cm³/mol. The highest BCUT2D eigenvalue weighted by Gasteiger charge is 2.23. The minimum Gasteiger partial charge on any atom is -0.335 e. The highest BCUT2D eigenvalue weighted by atomic mass is 16.5. The van der Waals surface area contributed by atoms with E-state index >= 15 is 0 Å². The van der Waals surface area contributed by atoms with E-state index < -0.39 is 0 Å². The molecule has 1 aromatic carbocycles. The maximum absolute atomic E-state index is 5.18. The largest absolute Gasteiger partial charge is 0.335 e. The fourth-order valence-corrected chi connectivity index (χ4v) is 1.82.